The van der Waals surface area contributed by atoms with Gasteiger partial charge in [-0.1, -0.05) is 11.6 Å². The number of ketones is 1. The minimum absolute atomic E-state index is 0.386. The fourth-order valence-corrected chi connectivity index (χ4v) is 2.98. The molecule has 1 aliphatic rings. The molecule has 2 rings (SSSR count). The van der Waals surface area contributed by atoms with Crippen LogP contribution in [0, 0.1) is 0 Å². The van der Waals surface area contributed by atoms with Crippen LogP contribution < -0.4 is 4.90 Å². The first-order valence-electron chi connectivity index (χ1n) is 7.24. The number of carbonyl (C=O) groups excluding carboxylic acids is 2. The van der Waals surface area contributed by atoms with Crippen LogP contribution >= 0.6 is 11.6 Å². The zero-order valence-corrected chi connectivity index (χ0v) is 13.6. The van der Waals surface area contributed by atoms with Crippen LogP contribution in [0.3, 0.4) is 0 Å². The molecule has 1 aromatic carbocycles. The first kappa shape index (κ1) is 16.0. The van der Waals surface area contributed by atoms with Crippen molar-refractivity contribution in [2.75, 3.05) is 18.0 Å². The van der Waals surface area contributed by atoms with Crippen LogP contribution in [0.15, 0.2) is 18.2 Å². The molecule has 0 aliphatic carbocycles. The monoisotopic (exact) mass is 308 g/mol. The summed E-state index contributed by atoms with van der Waals surface area (Å²) in [4.78, 5) is 28.0. The Balaban J connectivity index is 2.20. The maximum Gasteiger partial charge on any atom is 0.299 e. The lowest BCUT2D eigenvalue weighted by atomic mass is 10.1. The molecule has 0 radical (unpaired) electrons. The second-order valence-corrected chi connectivity index (χ2v) is 6.31. The van der Waals surface area contributed by atoms with Crippen molar-refractivity contribution >= 4 is 29.0 Å². The molecule has 21 heavy (non-hydrogen) atoms. The van der Waals surface area contributed by atoms with E-state index in [1.165, 1.54) is 0 Å². The lowest BCUT2D eigenvalue weighted by Crippen LogP contribution is -2.43. The molecule has 114 valence electrons. The molecule has 0 aromatic heterocycles. The average molecular weight is 309 g/mol. The third kappa shape index (κ3) is 3.11. The summed E-state index contributed by atoms with van der Waals surface area (Å²) in [5.41, 5.74) is 1.08. The van der Waals surface area contributed by atoms with Crippen LogP contribution in [0.25, 0.3) is 0 Å². The van der Waals surface area contributed by atoms with E-state index in [-0.39, 0.29) is 0 Å². The van der Waals surface area contributed by atoms with Gasteiger partial charge in [-0.2, -0.15) is 0 Å². The molecule has 1 aromatic rings. The molecule has 0 N–H and O–H groups in total. The van der Waals surface area contributed by atoms with Gasteiger partial charge in [0.15, 0.2) is 0 Å². The Bertz CT molecular complexity index is 561. The predicted molar refractivity (Wildman–Crippen MR) is 85.1 cm³/mol. The number of rotatable bonds is 5. The fraction of sp³-hybridized carbons (Fsp3) is 0.500. The number of hydrogen-bond acceptors (Lipinski definition) is 3. The predicted octanol–water partition coefficient (Wildman–Crippen LogP) is 2.99. The summed E-state index contributed by atoms with van der Waals surface area (Å²) < 4.78 is 0. The van der Waals surface area contributed by atoms with E-state index in [1.807, 2.05) is 0 Å². The van der Waals surface area contributed by atoms with Gasteiger partial charge in [0.1, 0.15) is 0 Å². The number of anilines is 1. The molecule has 1 aliphatic heterocycles. The number of nitrogens with zero attached hydrogens (tertiary/aromatic N) is 2. The molecular weight excluding hydrogens is 288 g/mol. The van der Waals surface area contributed by atoms with E-state index in [4.69, 9.17) is 11.6 Å². The van der Waals surface area contributed by atoms with Crippen LogP contribution in [-0.4, -0.2) is 41.8 Å². The van der Waals surface area contributed by atoms with Gasteiger partial charge in [0.2, 0.25) is 0 Å². The van der Waals surface area contributed by atoms with Gasteiger partial charge < -0.3 is 4.90 Å². The second kappa shape index (κ2) is 6.16. The van der Waals surface area contributed by atoms with Gasteiger partial charge in [-0.25, -0.2) is 0 Å². The molecule has 0 spiro atoms. The lowest BCUT2D eigenvalue weighted by molar-refractivity contribution is -0.114. The number of hydrogen-bond donors (Lipinski definition) is 0. The van der Waals surface area contributed by atoms with Gasteiger partial charge in [-0.15, -0.1) is 0 Å². The number of halogens is 1. The summed E-state index contributed by atoms with van der Waals surface area (Å²) in [5.74, 6) is -0.901. The molecule has 0 atom stereocenters. The van der Waals surface area contributed by atoms with Gasteiger partial charge >= 0.3 is 0 Å². The third-order valence-corrected chi connectivity index (χ3v) is 4.08. The highest BCUT2D eigenvalue weighted by molar-refractivity contribution is 6.52. The van der Waals surface area contributed by atoms with E-state index in [9.17, 15) is 9.59 Å². The van der Waals surface area contributed by atoms with Crippen molar-refractivity contribution in [2.24, 2.45) is 0 Å². The largest absolute Gasteiger partial charge is 0.303 e. The standard InChI is InChI=1S/C16H21ClN2O2/c1-10(2)18(11(3)4)7-8-19-14-9-12(17)5-6-13(14)15(20)16(19)21/h5-6,9-11H,7-8H2,1-4H3. The maximum atomic E-state index is 12.1. The number of fused-ring (bicyclic) bond motifs is 1. The molecule has 0 saturated carbocycles. The van der Waals surface area contributed by atoms with Gasteiger partial charge in [-0.3, -0.25) is 14.5 Å². The summed E-state index contributed by atoms with van der Waals surface area (Å²) in [5, 5.41) is 0.533. The van der Waals surface area contributed by atoms with E-state index in [1.54, 1.807) is 23.1 Å². The van der Waals surface area contributed by atoms with Crippen molar-refractivity contribution in [3.63, 3.8) is 0 Å². The number of benzene rings is 1. The average Bonchev–Trinajstić information content (AvgIpc) is 2.62. The summed E-state index contributed by atoms with van der Waals surface area (Å²) in [6.07, 6.45) is 0. The van der Waals surface area contributed by atoms with Crippen LogP contribution in [0.1, 0.15) is 38.1 Å². The van der Waals surface area contributed by atoms with Crippen LogP contribution in [0.4, 0.5) is 5.69 Å². The summed E-state index contributed by atoms with van der Waals surface area (Å²) in [6.45, 7) is 9.72. The Hall–Kier alpha value is -1.39. The molecule has 0 unspecified atom stereocenters. The van der Waals surface area contributed by atoms with Gasteiger partial charge in [0.05, 0.1) is 11.3 Å². The minimum atomic E-state index is -0.459. The first-order valence-corrected chi connectivity index (χ1v) is 7.62. The van der Waals surface area contributed by atoms with Crippen LogP contribution in [0.2, 0.25) is 5.02 Å². The Morgan fingerprint density at radius 3 is 2.33 bits per heavy atom. The van der Waals surface area contributed by atoms with Crippen molar-refractivity contribution < 1.29 is 9.59 Å². The molecule has 4 nitrogen and oxygen atoms in total. The summed E-state index contributed by atoms with van der Waals surface area (Å²) >= 11 is 5.99. The van der Waals surface area contributed by atoms with Crippen molar-refractivity contribution in [3.05, 3.63) is 28.8 Å². The van der Waals surface area contributed by atoms with Crippen molar-refractivity contribution in [2.45, 2.75) is 39.8 Å². The molecule has 1 heterocycles. The van der Waals surface area contributed by atoms with Gasteiger partial charge in [0.25, 0.3) is 11.7 Å². The zero-order valence-electron chi connectivity index (χ0n) is 12.9. The van der Waals surface area contributed by atoms with Crippen molar-refractivity contribution in [1.29, 1.82) is 0 Å². The number of Topliss-reactive ketones (excluding diaryl/α,β-unsaturated/α-hetero) is 1. The van der Waals surface area contributed by atoms with Crippen molar-refractivity contribution in [1.82, 2.24) is 4.90 Å². The molecule has 0 saturated heterocycles. The Morgan fingerprint density at radius 2 is 1.76 bits per heavy atom. The van der Waals surface area contributed by atoms with Gasteiger partial charge in [0, 0.05) is 30.2 Å². The Morgan fingerprint density at radius 1 is 1.14 bits per heavy atom. The minimum Gasteiger partial charge on any atom is -0.303 e. The van der Waals surface area contributed by atoms with Crippen molar-refractivity contribution in [3.8, 4) is 0 Å². The number of carbonyl (C=O) groups is 2. The molecule has 1 amide bonds. The normalized spacial score (nSPS) is 14.8. The second-order valence-electron chi connectivity index (χ2n) is 5.87. The highest BCUT2D eigenvalue weighted by Gasteiger charge is 2.35. The van der Waals surface area contributed by atoms with Crippen LogP contribution in [0.5, 0.6) is 0 Å². The lowest BCUT2D eigenvalue weighted by Gasteiger charge is -2.32. The smallest absolute Gasteiger partial charge is 0.299 e. The van der Waals surface area contributed by atoms with E-state index in [0.717, 1.165) is 6.54 Å². The summed E-state index contributed by atoms with van der Waals surface area (Å²) in [6, 6.07) is 5.73. The SMILES string of the molecule is CC(C)N(CCN1C(=O)C(=O)c2ccc(Cl)cc21)C(C)C. The van der Waals surface area contributed by atoms with E-state index in [0.29, 0.717) is 34.9 Å². The van der Waals surface area contributed by atoms with E-state index >= 15 is 0 Å². The topological polar surface area (TPSA) is 40.6 Å². The highest BCUT2D eigenvalue weighted by Crippen LogP contribution is 2.31. The van der Waals surface area contributed by atoms with Gasteiger partial charge in [-0.05, 0) is 45.9 Å². The molecule has 5 heteroatoms. The zero-order chi connectivity index (χ0) is 15.7. The molecular formula is C16H21ClN2O2. The maximum absolute atomic E-state index is 12.1. The molecule has 0 bridgehead atoms. The summed E-state index contributed by atoms with van der Waals surface area (Å²) in [7, 11) is 0. The quantitative estimate of drug-likeness (QED) is 0.785. The Labute approximate surface area is 130 Å². The Kier molecular flexibility index (Phi) is 4.69. The number of amides is 1. The molecule has 0 fully saturated rings. The third-order valence-electron chi connectivity index (χ3n) is 3.84. The highest BCUT2D eigenvalue weighted by atomic mass is 35.5. The van der Waals surface area contributed by atoms with E-state index < -0.39 is 11.7 Å². The van der Waals surface area contributed by atoms with Crippen LogP contribution in [-0.2, 0) is 4.79 Å². The van der Waals surface area contributed by atoms with E-state index in [2.05, 4.69) is 32.6 Å². The first-order chi connectivity index (χ1) is 9.82. The fourth-order valence-electron chi connectivity index (χ4n) is 2.82.